The zero-order chi connectivity index (χ0) is 27.0. The summed E-state index contributed by atoms with van der Waals surface area (Å²) in [6, 6.07) is 9.31. The molecular formula is C27H29Cl2FN6O2. The standard InChI is InChI=1S/C27H29Cl2FN6O2/c1-16(23-19(28)9-10-20(30)24(23)29)36-14-11-31-25-21(36)15-22(34(2)33-25)26(37)32-18-7-5-17(6-8-18)27(38)35-12-3-4-13-35/h5-10,15-16,31,33H,3-4,11-14H2,1-2H3,(H,32,37). The number of carbonyl (C=O) groups excluding carboxylic acids is 2. The topological polar surface area (TPSA) is 80.0 Å². The summed E-state index contributed by atoms with van der Waals surface area (Å²) in [5.74, 6) is -0.135. The molecule has 8 nitrogen and oxygen atoms in total. The van der Waals surface area contributed by atoms with Crippen molar-refractivity contribution in [3.63, 3.8) is 0 Å². The number of nitrogens with one attached hydrogen (secondary N) is 3. The number of hydrogen-bond donors (Lipinski definition) is 3. The first-order valence-electron chi connectivity index (χ1n) is 12.6. The van der Waals surface area contributed by atoms with Gasteiger partial charge in [-0.1, -0.05) is 23.2 Å². The molecule has 1 atom stereocenters. The van der Waals surface area contributed by atoms with Crippen molar-refractivity contribution < 1.29 is 14.0 Å². The summed E-state index contributed by atoms with van der Waals surface area (Å²) in [6.45, 7) is 4.69. The number of rotatable bonds is 5. The third kappa shape index (κ3) is 5.00. The van der Waals surface area contributed by atoms with Gasteiger partial charge in [0.05, 0.1) is 16.8 Å². The van der Waals surface area contributed by atoms with E-state index in [1.54, 1.807) is 42.4 Å². The van der Waals surface area contributed by atoms with Crippen LogP contribution in [-0.4, -0.2) is 59.8 Å². The van der Waals surface area contributed by atoms with Gasteiger partial charge in [-0.15, -0.1) is 0 Å². The molecule has 3 heterocycles. The van der Waals surface area contributed by atoms with Crippen LogP contribution in [0, 0.1) is 5.82 Å². The highest BCUT2D eigenvalue weighted by Gasteiger charge is 2.32. The lowest BCUT2D eigenvalue weighted by Gasteiger charge is -2.42. The van der Waals surface area contributed by atoms with Gasteiger partial charge < -0.3 is 20.4 Å². The Morgan fingerprint density at radius 1 is 1.05 bits per heavy atom. The molecular weight excluding hydrogens is 530 g/mol. The highest BCUT2D eigenvalue weighted by Crippen LogP contribution is 2.38. The zero-order valence-corrected chi connectivity index (χ0v) is 22.7. The van der Waals surface area contributed by atoms with Crippen molar-refractivity contribution in [2.24, 2.45) is 0 Å². The summed E-state index contributed by atoms with van der Waals surface area (Å²) in [5.41, 5.74) is 5.98. The van der Waals surface area contributed by atoms with Gasteiger partial charge in [-0.05, 0) is 62.2 Å². The van der Waals surface area contributed by atoms with Crippen LogP contribution in [0.4, 0.5) is 10.1 Å². The molecule has 0 spiro atoms. The number of hydrazine groups is 1. The zero-order valence-electron chi connectivity index (χ0n) is 21.2. The summed E-state index contributed by atoms with van der Waals surface area (Å²) in [5, 5.41) is 8.21. The van der Waals surface area contributed by atoms with E-state index < -0.39 is 5.82 Å². The Morgan fingerprint density at radius 2 is 1.76 bits per heavy atom. The Kier molecular flexibility index (Phi) is 7.40. The number of benzene rings is 2. The Hall–Kier alpha value is -3.43. The summed E-state index contributed by atoms with van der Waals surface area (Å²) in [4.78, 5) is 29.8. The van der Waals surface area contributed by atoms with Crippen molar-refractivity contribution in [2.45, 2.75) is 25.8 Å². The fourth-order valence-electron chi connectivity index (χ4n) is 5.06. The van der Waals surface area contributed by atoms with Crippen molar-refractivity contribution in [1.29, 1.82) is 0 Å². The van der Waals surface area contributed by atoms with E-state index in [2.05, 4.69) is 16.1 Å². The fraction of sp³-hybridized carbons (Fsp3) is 0.333. The normalized spacial score (nSPS) is 17.9. The lowest BCUT2D eigenvalue weighted by atomic mass is 10.0. The number of likely N-dealkylation sites (N-methyl/N-ethyl adjacent to an activating group) is 1. The van der Waals surface area contributed by atoms with E-state index in [-0.39, 0.29) is 22.9 Å². The maximum Gasteiger partial charge on any atom is 0.273 e. The van der Waals surface area contributed by atoms with Crippen LogP contribution < -0.4 is 16.1 Å². The van der Waals surface area contributed by atoms with E-state index in [0.717, 1.165) is 37.4 Å². The smallest absolute Gasteiger partial charge is 0.273 e. The van der Waals surface area contributed by atoms with Crippen LogP contribution in [0.25, 0.3) is 0 Å². The van der Waals surface area contributed by atoms with Gasteiger partial charge >= 0.3 is 0 Å². The third-order valence-electron chi connectivity index (χ3n) is 7.11. The van der Waals surface area contributed by atoms with Gasteiger partial charge in [0.25, 0.3) is 11.8 Å². The monoisotopic (exact) mass is 558 g/mol. The maximum absolute atomic E-state index is 14.3. The molecule has 5 rings (SSSR count). The molecule has 0 aromatic heterocycles. The van der Waals surface area contributed by atoms with Gasteiger partial charge in [-0.3, -0.25) is 20.0 Å². The molecule has 1 fully saturated rings. The highest BCUT2D eigenvalue weighted by atomic mass is 35.5. The summed E-state index contributed by atoms with van der Waals surface area (Å²) in [7, 11) is 1.75. The SMILES string of the molecule is CC(c1c(Cl)ccc(F)c1Cl)N1CCNC2=C1C=C(C(=O)Nc1ccc(C(=O)N3CCCC3)cc1)N(C)N2. The van der Waals surface area contributed by atoms with Crippen molar-refractivity contribution in [3.05, 3.63) is 86.7 Å². The second-order valence-corrected chi connectivity index (χ2v) is 10.3. The number of amides is 2. The fourth-order valence-corrected chi connectivity index (χ4v) is 5.74. The molecule has 200 valence electrons. The first-order valence-corrected chi connectivity index (χ1v) is 13.3. The van der Waals surface area contributed by atoms with Crippen LogP contribution in [-0.2, 0) is 4.79 Å². The summed E-state index contributed by atoms with van der Waals surface area (Å²) >= 11 is 12.7. The molecule has 38 heavy (non-hydrogen) atoms. The summed E-state index contributed by atoms with van der Waals surface area (Å²) in [6.07, 6.45) is 3.83. The van der Waals surface area contributed by atoms with Crippen LogP contribution >= 0.6 is 23.2 Å². The van der Waals surface area contributed by atoms with E-state index in [4.69, 9.17) is 23.2 Å². The minimum atomic E-state index is -0.535. The predicted molar refractivity (Wildman–Crippen MR) is 146 cm³/mol. The van der Waals surface area contributed by atoms with Crippen LogP contribution in [0.1, 0.15) is 41.7 Å². The molecule has 0 aliphatic carbocycles. The molecule has 2 aromatic carbocycles. The number of likely N-dealkylation sites (tertiary alicyclic amines) is 1. The largest absolute Gasteiger partial charge is 0.367 e. The Morgan fingerprint density at radius 3 is 2.47 bits per heavy atom. The van der Waals surface area contributed by atoms with Crippen molar-refractivity contribution in [3.8, 4) is 0 Å². The van der Waals surface area contributed by atoms with Gasteiger partial charge in [0.15, 0.2) is 0 Å². The lowest BCUT2D eigenvalue weighted by Crippen LogP contribution is -2.51. The van der Waals surface area contributed by atoms with E-state index in [9.17, 15) is 14.0 Å². The molecule has 1 unspecified atom stereocenters. The second kappa shape index (κ2) is 10.7. The van der Waals surface area contributed by atoms with E-state index in [0.29, 0.717) is 40.6 Å². The molecule has 0 saturated carbocycles. The number of halogens is 3. The predicted octanol–water partition coefficient (Wildman–Crippen LogP) is 4.48. The minimum absolute atomic E-state index is 0.0104. The van der Waals surface area contributed by atoms with Crippen molar-refractivity contribution >= 4 is 40.7 Å². The molecule has 2 amide bonds. The van der Waals surface area contributed by atoms with Crippen LogP contribution in [0.2, 0.25) is 10.0 Å². The molecule has 3 N–H and O–H groups in total. The van der Waals surface area contributed by atoms with Crippen LogP contribution in [0.3, 0.4) is 0 Å². The Labute approximate surface area is 231 Å². The maximum atomic E-state index is 14.3. The third-order valence-corrected chi connectivity index (χ3v) is 7.83. The number of allylic oxidation sites excluding steroid dienone is 1. The van der Waals surface area contributed by atoms with Gasteiger partial charge in [0.1, 0.15) is 17.3 Å². The first kappa shape index (κ1) is 26.2. The van der Waals surface area contributed by atoms with Gasteiger partial charge in [0.2, 0.25) is 0 Å². The number of hydrogen-bond acceptors (Lipinski definition) is 6. The number of anilines is 1. The first-order chi connectivity index (χ1) is 18.2. The lowest BCUT2D eigenvalue weighted by molar-refractivity contribution is -0.114. The Bertz CT molecular complexity index is 1320. The second-order valence-electron chi connectivity index (χ2n) is 9.54. The molecule has 3 aliphatic rings. The van der Waals surface area contributed by atoms with E-state index >= 15 is 0 Å². The molecule has 2 aromatic rings. The molecule has 0 radical (unpaired) electrons. The Balaban J connectivity index is 1.36. The van der Waals surface area contributed by atoms with Crippen molar-refractivity contribution in [2.75, 3.05) is 38.5 Å². The van der Waals surface area contributed by atoms with Gasteiger partial charge in [-0.2, -0.15) is 0 Å². The van der Waals surface area contributed by atoms with E-state index in [1.165, 1.54) is 12.1 Å². The molecule has 3 aliphatic heterocycles. The summed E-state index contributed by atoms with van der Waals surface area (Å²) < 4.78 is 14.3. The number of nitrogens with zero attached hydrogens (tertiary/aromatic N) is 3. The molecule has 1 saturated heterocycles. The van der Waals surface area contributed by atoms with E-state index in [1.807, 2.05) is 16.7 Å². The van der Waals surface area contributed by atoms with Crippen LogP contribution in [0.15, 0.2) is 59.7 Å². The number of carbonyl (C=O) groups is 2. The highest BCUT2D eigenvalue weighted by molar-refractivity contribution is 6.36. The average Bonchev–Trinajstić information content (AvgIpc) is 3.45. The molecule has 0 bridgehead atoms. The quantitative estimate of drug-likeness (QED) is 0.470. The molecule has 11 heteroatoms. The minimum Gasteiger partial charge on any atom is -0.367 e. The van der Waals surface area contributed by atoms with Gasteiger partial charge in [0, 0.05) is 55.1 Å². The van der Waals surface area contributed by atoms with Gasteiger partial charge in [-0.25, -0.2) is 4.39 Å². The average molecular weight is 559 g/mol. The van der Waals surface area contributed by atoms with Crippen molar-refractivity contribution in [1.82, 2.24) is 25.6 Å². The van der Waals surface area contributed by atoms with Crippen LogP contribution in [0.5, 0.6) is 0 Å².